The summed E-state index contributed by atoms with van der Waals surface area (Å²) in [4.78, 5) is 0. The molecule has 7 heteroatoms. The van der Waals surface area contributed by atoms with Crippen molar-refractivity contribution in [1.29, 1.82) is 0 Å². The van der Waals surface area contributed by atoms with Gasteiger partial charge in [-0.1, -0.05) is 72.4 Å². The molecule has 4 aromatic rings. The maximum atomic E-state index is 10.4. The molecule has 0 radical (unpaired) electrons. The number of thioether (sulfide) groups is 1. The molecule has 1 unspecified atom stereocenters. The lowest BCUT2D eigenvalue weighted by molar-refractivity contribution is 0.126. The number of hydrogen-bond donors (Lipinski definition) is 1. The Morgan fingerprint density at radius 1 is 0.903 bits per heavy atom. The first kappa shape index (κ1) is 21.1. The van der Waals surface area contributed by atoms with E-state index in [1.165, 1.54) is 11.8 Å². The number of nitrogens with zero attached hydrogens (tertiary/aromatic N) is 4. The highest BCUT2D eigenvalue weighted by molar-refractivity contribution is 7.99. The molecule has 0 bridgehead atoms. The average Bonchev–Trinajstić information content (AvgIpc) is 3.25. The fourth-order valence-electron chi connectivity index (χ4n) is 3.33. The molecule has 1 atom stereocenters. The Morgan fingerprint density at radius 3 is 2.29 bits per heavy atom. The summed E-state index contributed by atoms with van der Waals surface area (Å²) in [5.74, 6) is 1.15. The van der Waals surface area contributed by atoms with E-state index in [0.29, 0.717) is 10.9 Å². The van der Waals surface area contributed by atoms with E-state index >= 15 is 0 Å². The largest absolute Gasteiger partial charge is 0.491 e. The van der Waals surface area contributed by atoms with E-state index in [1.54, 1.807) is 4.68 Å². The first-order valence-electron chi connectivity index (χ1n) is 10.1. The van der Waals surface area contributed by atoms with Crippen LogP contribution in [0.4, 0.5) is 0 Å². The molecule has 4 rings (SSSR count). The van der Waals surface area contributed by atoms with Gasteiger partial charge in [-0.05, 0) is 58.7 Å². The number of ether oxygens (including phenoxy) is 1. The first-order chi connectivity index (χ1) is 15.1. The van der Waals surface area contributed by atoms with Gasteiger partial charge in [0.1, 0.15) is 12.4 Å². The van der Waals surface area contributed by atoms with Crippen molar-refractivity contribution in [3.63, 3.8) is 0 Å². The predicted molar refractivity (Wildman–Crippen MR) is 123 cm³/mol. The summed E-state index contributed by atoms with van der Waals surface area (Å²) in [7, 11) is 0. The molecule has 1 heterocycles. The van der Waals surface area contributed by atoms with E-state index in [2.05, 4.69) is 27.7 Å². The molecule has 158 valence electrons. The van der Waals surface area contributed by atoms with Crippen molar-refractivity contribution in [2.45, 2.75) is 25.1 Å². The fraction of sp³-hybridized carbons (Fsp3) is 0.208. The van der Waals surface area contributed by atoms with Crippen molar-refractivity contribution in [1.82, 2.24) is 20.2 Å². The molecule has 0 amide bonds. The predicted octanol–water partition coefficient (Wildman–Crippen LogP) is 4.48. The lowest BCUT2D eigenvalue weighted by atomic mass is 10.1. The standard InChI is InChI=1S/C24H24N4O2S/c1-17-7-6-8-18(2)23(17)28-24(25-26-27-28)31-16-21(29)15-30-22-13-11-20(12-14-22)19-9-4-3-5-10-19/h3-14,21,29H,15-16H2,1-2H3. The van der Waals surface area contributed by atoms with Gasteiger partial charge in [0.15, 0.2) is 0 Å². The molecule has 0 spiro atoms. The quantitative estimate of drug-likeness (QED) is 0.414. The number of aryl methyl sites for hydroxylation is 2. The highest BCUT2D eigenvalue weighted by atomic mass is 32.2. The molecule has 0 aliphatic carbocycles. The summed E-state index contributed by atoms with van der Waals surface area (Å²) in [5.41, 5.74) is 5.45. The number of tetrazole rings is 1. The van der Waals surface area contributed by atoms with Crippen LogP contribution in [0.3, 0.4) is 0 Å². The van der Waals surface area contributed by atoms with Crippen molar-refractivity contribution in [3.8, 4) is 22.6 Å². The Hall–Kier alpha value is -3.16. The van der Waals surface area contributed by atoms with Gasteiger partial charge in [0, 0.05) is 5.75 Å². The van der Waals surface area contributed by atoms with Gasteiger partial charge in [0.25, 0.3) is 0 Å². The van der Waals surface area contributed by atoms with Gasteiger partial charge in [-0.3, -0.25) is 0 Å². The zero-order valence-corrected chi connectivity index (χ0v) is 18.3. The lowest BCUT2D eigenvalue weighted by Crippen LogP contribution is -2.20. The maximum Gasteiger partial charge on any atom is 0.214 e. The summed E-state index contributed by atoms with van der Waals surface area (Å²) in [6.07, 6.45) is -0.651. The zero-order chi connectivity index (χ0) is 21.6. The normalized spacial score (nSPS) is 12.0. The molecule has 1 N–H and O–H groups in total. The second-order valence-corrected chi connectivity index (χ2v) is 8.27. The van der Waals surface area contributed by atoms with Crippen LogP contribution in [-0.4, -0.2) is 43.8 Å². The van der Waals surface area contributed by atoms with Gasteiger partial charge in [-0.2, -0.15) is 4.68 Å². The molecule has 0 aliphatic heterocycles. The van der Waals surface area contributed by atoms with E-state index < -0.39 is 6.10 Å². The number of hydrogen-bond acceptors (Lipinski definition) is 6. The van der Waals surface area contributed by atoms with Crippen molar-refractivity contribution < 1.29 is 9.84 Å². The minimum atomic E-state index is -0.651. The van der Waals surface area contributed by atoms with Crippen LogP contribution in [-0.2, 0) is 0 Å². The van der Waals surface area contributed by atoms with Crippen molar-refractivity contribution in [2.24, 2.45) is 0 Å². The third-order valence-corrected chi connectivity index (χ3v) is 5.97. The molecule has 0 aliphatic rings. The molecule has 3 aromatic carbocycles. The summed E-state index contributed by atoms with van der Waals surface area (Å²) >= 11 is 1.41. The summed E-state index contributed by atoms with van der Waals surface area (Å²) in [6, 6.07) is 24.1. The monoisotopic (exact) mass is 432 g/mol. The summed E-state index contributed by atoms with van der Waals surface area (Å²) < 4.78 is 7.49. The highest BCUT2D eigenvalue weighted by Gasteiger charge is 2.15. The van der Waals surface area contributed by atoms with Crippen molar-refractivity contribution in [2.75, 3.05) is 12.4 Å². The Bertz CT molecular complexity index is 1110. The van der Waals surface area contributed by atoms with Gasteiger partial charge in [0.2, 0.25) is 5.16 Å². The van der Waals surface area contributed by atoms with Gasteiger partial charge in [-0.15, -0.1) is 5.10 Å². The van der Waals surface area contributed by atoms with E-state index in [1.807, 2.05) is 74.5 Å². The van der Waals surface area contributed by atoms with Gasteiger partial charge in [-0.25, -0.2) is 0 Å². The molecular weight excluding hydrogens is 408 g/mol. The highest BCUT2D eigenvalue weighted by Crippen LogP contribution is 2.25. The average molecular weight is 433 g/mol. The van der Waals surface area contributed by atoms with Gasteiger partial charge < -0.3 is 9.84 Å². The maximum absolute atomic E-state index is 10.4. The van der Waals surface area contributed by atoms with Crippen LogP contribution in [0, 0.1) is 13.8 Å². The Kier molecular flexibility index (Phi) is 6.64. The molecule has 0 saturated carbocycles. The van der Waals surface area contributed by atoms with Crippen molar-refractivity contribution in [3.05, 3.63) is 83.9 Å². The van der Waals surface area contributed by atoms with Gasteiger partial charge >= 0.3 is 0 Å². The van der Waals surface area contributed by atoms with Crippen LogP contribution < -0.4 is 4.74 Å². The third-order valence-electron chi connectivity index (χ3n) is 4.90. The topological polar surface area (TPSA) is 73.1 Å². The number of aromatic nitrogens is 4. The molecular formula is C24H24N4O2S. The molecule has 0 saturated heterocycles. The number of aliphatic hydroxyl groups excluding tert-OH is 1. The van der Waals surface area contributed by atoms with Crippen LogP contribution in [0.25, 0.3) is 16.8 Å². The van der Waals surface area contributed by atoms with Crippen molar-refractivity contribution >= 4 is 11.8 Å². The third kappa shape index (κ3) is 5.13. The zero-order valence-electron chi connectivity index (χ0n) is 17.5. The van der Waals surface area contributed by atoms with Gasteiger partial charge in [0.05, 0.1) is 11.8 Å². The van der Waals surface area contributed by atoms with Crippen LogP contribution in [0.15, 0.2) is 78.0 Å². The smallest absolute Gasteiger partial charge is 0.214 e. The van der Waals surface area contributed by atoms with Crippen LogP contribution >= 0.6 is 11.8 Å². The fourth-order valence-corrected chi connectivity index (χ4v) is 4.12. The number of aliphatic hydroxyl groups is 1. The number of benzene rings is 3. The first-order valence-corrected chi connectivity index (χ1v) is 11.0. The molecule has 0 fully saturated rings. The number of rotatable bonds is 8. The Morgan fingerprint density at radius 2 is 1.58 bits per heavy atom. The minimum absolute atomic E-state index is 0.197. The second-order valence-electron chi connectivity index (χ2n) is 7.28. The SMILES string of the molecule is Cc1cccc(C)c1-n1nnnc1SCC(O)COc1ccc(-c2ccccc2)cc1. The Balaban J connectivity index is 1.33. The minimum Gasteiger partial charge on any atom is -0.491 e. The molecule has 1 aromatic heterocycles. The lowest BCUT2D eigenvalue weighted by Gasteiger charge is -2.13. The van der Waals surface area contributed by atoms with E-state index in [4.69, 9.17) is 4.74 Å². The van der Waals surface area contributed by atoms with Crippen LogP contribution in [0.2, 0.25) is 0 Å². The molecule has 6 nitrogen and oxygen atoms in total. The summed E-state index contributed by atoms with van der Waals surface area (Å²) in [6.45, 7) is 4.26. The summed E-state index contributed by atoms with van der Waals surface area (Å²) in [5, 5.41) is 23.1. The second kappa shape index (κ2) is 9.76. The Labute approximate surface area is 185 Å². The van der Waals surface area contributed by atoms with E-state index in [0.717, 1.165) is 33.7 Å². The van der Waals surface area contributed by atoms with Crippen LogP contribution in [0.1, 0.15) is 11.1 Å². The number of para-hydroxylation sites is 1. The van der Waals surface area contributed by atoms with Crippen LogP contribution in [0.5, 0.6) is 5.75 Å². The van der Waals surface area contributed by atoms with E-state index in [-0.39, 0.29) is 6.61 Å². The van der Waals surface area contributed by atoms with E-state index in [9.17, 15) is 5.11 Å². The molecule has 31 heavy (non-hydrogen) atoms.